The van der Waals surface area contributed by atoms with Crippen LogP contribution >= 0.6 is 27.5 Å². The van der Waals surface area contributed by atoms with Crippen LogP contribution in [0, 0.1) is 6.92 Å². The third-order valence-corrected chi connectivity index (χ3v) is 5.63. The summed E-state index contributed by atoms with van der Waals surface area (Å²) in [6.45, 7) is 2.07. The Labute approximate surface area is 136 Å². The summed E-state index contributed by atoms with van der Waals surface area (Å²) in [4.78, 5) is 0.111. The zero-order chi connectivity index (χ0) is 15.6. The number of nitrogens with one attached hydrogen (secondary N) is 2. The number of benzene rings is 1. The summed E-state index contributed by atoms with van der Waals surface area (Å²) in [5, 5.41) is 3.33. The Hall–Kier alpha value is -1.02. The van der Waals surface area contributed by atoms with Gasteiger partial charge in [-0.2, -0.15) is 0 Å². The summed E-state index contributed by atoms with van der Waals surface area (Å²) in [7, 11) is -1.98. The molecule has 2 aromatic rings. The highest BCUT2D eigenvalue weighted by Gasteiger charge is 2.22. The minimum atomic E-state index is -3.74. The van der Waals surface area contributed by atoms with Gasteiger partial charge in [-0.3, -0.25) is 4.72 Å². The van der Waals surface area contributed by atoms with Gasteiger partial charge < -0.3 is 9.73 Å². The average Bonchev–Trinajstić information content (AvgIpc) is 2.77. The third-order valence-electron chi connectivity index (χ3n) is 2.76. The van der Waals surface area contributed by atoms with Crippen LogP contribution in [0.15, 0.2) is 38.1 Å². The predicted octanol–water partition coefficient (Wildman–Crippen LogP) is 3.52. The average molecular weight is 394 g/mol. The molecule has 0 fully saturated rings. The summed E-state index contributed by atoms with van der Waals surface area (Å²) >= 11 is 9.22. The van der Waals surface area contributed by atoms with Gasteiger partial charge in [0.15, 0.2) is 0 Å². The molecule has 2 rings (SSSR count). The van der Waals surface area contributed by atoms with Crippen molar-refractivity contribution in [1.29, 1.82) is 0 Å². The van der Waals surface area contributed by atoms with Crippen LogP contribution in [0.25, 0.3) is 0 Å². The molecule has 0 atom stereocenters. The van der Waals surface area contributed by atoms with Crippen LogP contribution in [-0.2, 0) is 16.6 Å². The largest absolute Gasteiger partial charge is 0.464 e. The van der Waals surface area contributed by atoms with Crippen LogP contribution in [0.5, 0.6) is 0 Å². The van der Waals surface area contributed by atoms with E-state index in [2.05, 4.69) is 26.0 Å². The van der Waals surface area contributed by atoms with Crippen molar-refractivity contribution in [2.24, 2.45) is 0 Å². The van der Waals surface area contributed by atoms with Crippen molar-refractivity contribution in [1.82, 2.24) is 5.32 Å². The second-order valence-electron chi connectivity index (χ2n) is 4.37. The zero-order valence-corrected chi connectivity index (χ0v) is 14.6. The Morgan fingerprint density at radius 3 is 2.76 bits per heavy atom. The Kier molecular flexibility index (Phi) is 4.98. The molecule has 2 N–H and O–H groups in total. The molecular weight excluding hydrogens is 380 g/mol. The van der Waals surface area contributed by atoms with Gasteiger partial charge in [-0.1, -0.05) is 17.7 Å². The van der Waals surface area contributed by atoms with E-state index in [1.807, 2.05) is 0 Å². The lowest BCUT2D eigenvalue weighted by molar-refractivity contribution is 0.466. The first kappa shape index (κ1) is 16.4. The Morgan fingerprint density at radius 1 is 1.38 bits per heavy atom. The van der Waals surface area contributed by atoms with Crippen LogP contribution in [-0.4, -0.2) is 15.5 Å². The maximum atomic E-state index is 12.4. The van der Waals surface area contributed by atoms with Crippen LogP contribution in [0.1, 0.15) is 11.5 Å². The van der Waals surface area contributed by atoms with Crippen molar-refractivity contribution in [3.63, 3.8) is 0 Å². The molecular formula is C13H14BrClN2O3S. The van der Waals surface area contributed by atoms with Crippen molar-refractivity contribution in [2.75, 3.05) is 11.8 Å². The van der Waals surface area contributed by atoms with Gasteiger partial charge in [-0.05, 0) is 42.0 Å². The van der Waals surface area contributed by atoms with Crippen LogP contribution in [0.2, 0.25) is 5.02 Å². The molecule has 0 bridgehead atoms. The minimum Gasteiger partial charge on any atom is -0.464 e. The van der Waals surface area contributed by atoms with Crippen molar-refractivity contribution in [3.8, 4) is 0 Å². The van der Waals surface area contributed by atoms with Gasteiger partial charge in [0.1, 0.15) is 16.4 Å². The lowest BCUT2D eigenvalue weighted by atomic mass is 10.3. The van der Waals surface area contributed by atoms with E-state index < -0.39 is 10.0 Å². The number of rotatable bonds is 5. The molecule has 0 aliphatic carbocycles. The van der Waals surface area contributed by atoms with Crippen molar-refractivity contribution >= 4 is 43.2 Å². The normalized spacial score (nSPS) is 11.6. The van der Waals surface area contributed by atoms with Gasteiger partial charge in [0.05, 0.1) is 21.7 Å². The highest BCUT2D eigenvalue weighted by molar-refractivity contribution is 9.10. The number of aryl methyl sites for hydroxylation is 1. The molecule has 0 amide bonds. The maximum Gasteiger partial charge on any atom is 0.265 e. The highest BCUT2D eigenvalue weighted by atomic mass is 79.9. The lowest BCUT2D eigenvalue weighted by Crippen LogP contribution is -2.13. The number of hydrogen-bond acceptors (Lipinski definition) is 4. The van der Waals surface area contributed by atoms with E-state index in [1.165, 1.54) is 6.07 Å². The van der Waals surface area contributed by atoms with E-state index >= 15 is 0 Å². The molecule has 0 aliphatic rings. The van der Waals surface area contributed by atoms with E-state index in [1.54, 1.807) is 32.2 Å². The standard InChI is InChI=1S/C13H14BrClN2O3S/c1-8-12(6-9(20-8)7-16-2)21(18,19)17-11-5-3-4-10(15)13(11)14/h3-6,16-17H,7H2,1-2H3. The summed E-state index contributed by atoms with van der Waals surface area (Å²) < 4.78 is 33.3. The summed E-state index contributed by atoms with van der Waals surface area (Å²) in [5.74, 6) is 0.895. The fourth-order valence-corrected chi connectivity index (χ4v) is 3.78. The first-order valence-electron chi connectivity index (χ1n) is 6.06. The molecule has 1 aromatic heterocycles. The Morgan fingerprint density at radius 2 is 2.10 bits per heavy atom. The molecule has 0 spiro atoms. The molecule has 0 aliphatic heterocycles. The maximum absolute atomic E-state index is 12.4. The molecule has 0 saturated carbocycles. The number of sulfonamides is 1. The highest BCUT2D eigenvalue weighted by Crippen LogP contribution is 2.32. The van der Waals surface area contributed by atoms with Crippen LogP contribution < -0.4 is 10.0 Å². The van der Waals surface area contributed by atoms with Gasteiger partial charge in [-0.15, -0.1) is 0 Å². The van der Waals surface area contributed by atoms with Crippen molar-refractivity contribution < 1.29 is 12.8 Å². The number of anilines is 1. The molecule has 5 nitrogen and oxygen atoms in total. The first-order chi connectivity index (χ1) is 9.85. The second kappa shape index (κ2) is 6.39. The van der Waals surface area contributed by atoms with Crippen molar-refractivity contribution in [3.05, 3.63) is 45.3 Å². The van der Waals surface area contributed by atoms with Gasteiger partial charge in [0.2, 0.25) is 0 Å². The zero-order valence-electron chi connectivity index (χ0n) is 11.4. The van der Waals surface area contributed by atoms with Gasteiger partial charge >= 0.3 is 0 Å². The number of furan rings is 1. The van der Waals surface area contributed by atoms with Crippen LogP contribution in [0.4, 0.5) is 5.69 Å². The van der Waals surface area contributed by atoms with Crippen LogP contribution in [0.3, 0.4) is 0 Å². The minimum absolute atomic E-state index is 0.111. The molecule has 0 unspecified atom stereocenters. The van der Waals surface area contributed by atoms with E-state index in [-0.39, 0.29) is 4.90 Å². The molecule has 0 saturated heterocycles. The molecule has 1 aromatic carbocycles. The van der Waals surface area contributed by atoms with Gasteiger partial charge in [0, 0.05) is 6.07 Å². The topological polar surface area (TPSA) is 71.3 Å². The third kappa shape index (κ3) is 3.60. The second-order valence-corrected chi connectivity index (χ2v) is 7.22. The van der Waals surface area contributed by atoms with E-state index in [0.717, 1.165) is 0 Å². The molecule has 8 heteroatoms. The summed E-state index contributed by atoms with van der Waals surface area (Å²) in [6.07, 6.45) is 0. The predicted molar refractivity (Wildman–Crippen MR) is 86.2 cm³/mol. The van der Waals surface area contributed by atoms with Gasteiger partial charge in [0.25, 0.3) is 10.0 Å². The Balaban J connectivity index is 2.36. The fourth-order valence-electron chi connectivity index (χ4n) is 1.83. The quantitative estimate of drug-likeness (QED) is 0.815. The fraction of sp³-hybridized carbons (Fsp3) is 0.231. The lowest BCUT2D eigenvalue weighted by Gasteiger charge is -2.09. The monoisotopic (exact) mass is 392 g/mol. The summed E-state index contributed by atoms with van der Waals surface area (Å²) in [6, 6.07) is 6.46. The van der Waals surface area contributed by atoms with E-state index in [9.17, 15) is 8.42 Å². The molecule has 21 heavy (non-hydrogen) atoms. The molecule has 0 radical (unpaired) electrons. The van der Waals surface area contributed by atoms with Gasteiger partial charge in [-0.25, -0.2) is 8.42 Å². The van der Waals surface area contributed by atoms with Crippen molar-refractivity contribution in [2.45, 2.75) is 18.4 Å². The van der Waals surface area contributed by atoms with E-state index in [0.29, 0.717) is 33.2 Å². The SMILES string of the molecule is CNCc1cc(S(=O)(=O)Nc2cccc(Cl)c2Br)c(C)o1. The molecule has 114 valence electrons. The number of hydrogen-bond donors (Lipinski definition) is 2. The molecule has 1 heterocycles. The Bertz CT molecular complexity index is 759. The van der Waals surface area contributed by atoms with E-state index in [4.69, 9.17) is 16.0 Å². The summed E-state index contributed by atoms with van der Waals surface area (Å²) in [5.41, 5.74) is 0.373. The smallest absolute Gasteiger partial charge is 0.265 e. The number of halogens is 2. The first-order valence-corrected chi connectivity index (χ1v) is 8.71.